The molecule has 1 heterocycles. The van der Waals surface area contributed by atoms with Gasteiger partial charge in [0, 0.05) is 13.1 Å². The quantitative estimate of drug-likeness (QED) is 0.571. The fraction of sp³-hybridized carbons (Fsp3) is 0.818. The first-order valence-electron chi connectivity index (χ1n) is 4.86. The molecule has 1 fully saturated rings. The van der Waals surface area contributed by atoms with Gasteiger partial charge in [0.2, 0.25) is 0 Å². The van der Waals surface area contributed by atoms with E-state index in [1.165, 1.54) is 0 Å². The Hall–Kier alpha value is 1.32. The molecule has 0 aliphatic carbocycles. The zero-order chi connectivity index (χ0) is 10.1. The van der Waals surface area contributed by atoms with Crippen LogP contribution < -0.4 is 68.9 Å². The molecule has 0 aromatic rings. The Morgan fingerprint density at radius 3 is 2.27 bits per heavy atom. The second-order valence-corrected chi connectivity index (χ2v) is 4.82. The number of nitrogens with zero attached hydrogens (tertiary/aromatic N) is 1. The fourth-order valence-corrected chi connectivity index (χ4v) is 1.43. The number of ether oxygens (including phenoxy) is 1. The van der Waals surface area contributed by atoms with E-state index in [9.17, 15) is 4.79 Å². The topological polar surface area (TPSA) is 29.5 Å². The average molecular weight is 333 g/mol. The molecule has 0 saturated carbocycles. The molecule has 84 valence electrons. The van der Waals surface area contributed by atoms with Gasteiger partial charge in [0.1, 0.15) is 5.60 Å². The first-order chi connectivity index (χ1) is 5.88. The van der Waals surface area contributed by atoms with E-state index in [4.69, 9.17) is 4.74 Å². The van der Waals surface area contributed by atoms with Crippen LogP contribution in [0.3, 0.4) is 0 Å². The van der Waals surface area contributed by atoms with Crippen molar-refractivity contribution in [1.29, 1.82) is 0 Å². The monoisotopic (exact) mass is 333 g/mol. The molecule has 1 rings (SSSR count). The molecule has 3 nitrogen and oxygen atoms in total. The summed E-state index contributed by atoms with van der Waals surface area (Å²) in [4.78, 5) is 13.3. The Labute approximate surface area is 153 Å². The molecule has 0 spiro atoms. The van der Waals surface area contributed by atoms with Gasteiger partial charge in [0.05, 0.1) is 0 Å². The van der Waals surface area contributed by atoms with E-state index in [0.717, 1.165) is 19.5 Å². The van der Waals surface area contributed by atoms with Crippen LogP contribution in [0.1, 0.15) is 34.1 Å². The van der Waals surface area contributed by atoms with E-state index in [1.807, 2.05) is 20.8 Å². The maximum absolute atomic E-state index is 11.5. The van der Waals surface area contributed by atoms with Gasteiger partial charge in [-0.1, -0.05) is 6.92 Å². The molecular formula is C11H22CsNO2. The number of likely N-dealkylation sites (tertiary alicyclic amines) is 1. The number of carbonyl (C=O) groups is 1. The van der Waals surface area contributed by atoms with Gasteiger partial charge < -0.3 is 17.1 Å². The standard InChI is InChI=1S/C10H19NO2.CH3.Cs/c1-8-5-6-11(7-8)9(12)13-10(2,3)4;;/h8H,5-7H2,1-4H3;1H3;/q;-1;+1. The van der Waals surface area contributed by atoms with Gasteiger partial charge in [-0.05, 0) is 33.1 Å². The molecular weight excluding hydrogens is 311 g/mol. The van der Waals surface area contributed by atoms with E-state index in [-0.39, 0.29) is 88.0 Å². The molecule has 1 amide bonds. The Kier molecular flexibility index (Phi) is 9.48. The van der Waals surface area contributed by atoms with E-state index < -0.39 is 0 Å². The van der Waals surface area contributed by atoms with Crippen LogP contribution in [0.25, 0.3) is 0 Å². The predicted octanol–water partition coefficient (Wildman–Crippen LogP) is -0.282. The van der Waals surface area contributed by atoms with Crippen molar-refractivity contribution >= 4 is 6.09 Å². The van der Waals surface area contributed by atoms with Crippen molar-refractivity contribution in [2.75, 3.05) is 13.1 Å². The molecule has 1 atom stereocenters. The van der Waals surface area contributed by atoms with Gasteiger partial charge in [-0.15, -0.1) is 0 Å². The Morgan fingerprint density at radius 1 is 1.40 bits per heavy atom. The molecule has 0 aromatic carbocycles. The van der Waals surface area contributed by atoms with Gasteiger partial charge in [-0.25, -0.2) is 4.79 Å². The third-order valence-electron chi connectivity index (χ3n) is 2.08. The third-order valence-corrected chi connectivity index (χ3v) is 2.08. The van der Waals surface area contributed by atoms with Crippen molar-refractivity contribution in [2.45, 2.75) is 39.7 Å². The van der Waals surface area contributed by atoms with Crippen LogP contribution in [-0.2, 0) is 4.74 Å². The van der Waals surface area contributed by atoms with Crippen molar-refractivity contribution in [3.63, 3.8) is 0 Å². The SMILES string of the molecule is CC1CCN(C(=O)OC(C)(C)C)C1.[CH3-].[Cs+]. The molecule has 1 aliphatic heterocycles. The molecule has 15 heavy (non-hydrogen) atoms. The largest absolute Gasteiger partial charge is 1.00 e. The number of hydrogen-bond acceptors (Lipinski definition) is 2. The number of amides is 1. The molecule has 4 heteroatoms. The smallest absolute Gasteiger partial charge is 0.444 e. The summed E-state index contributed by atoms with van der Waals surface area (Å²) in [5, 5.41) is 0. The fourth-order valence-electron chi connectivity index (χ4n) is 1.43. The van der Waals surface area contributed by atoms with E-state index >= 15 is 0 Å². The van der Waals surface area contributed by atoms with E-state index in [2.05, 4.69) is 6.92 Å². The minimum Gasteiger partial charge on any atom is -0.444 e. The minimum atomic E-state index is -0.372. The normalized spacial score (nSPS) is 20.3. The number of rotatable bonds is 0. The maximum Gasteiger partial charge on any atom is 1.00 e. The molecule has 0 aromatic heterocycles. The number of carbonyl (C=O) groups excluding carboxylic acids is 1. The van der Waals surface area contributed by atoms with Crippen LogP contribution in [0.5, 0.6) is 0 Å². The van der Waals surface area contributed by atoms with Crippen LogP contribution in [0.4, 0.5) is 4.79 Å². The summed E-state index contributed by atoms with van der Waals surface area (Å²) in [7, 11) is 0. The summed E-state index contributed by atoms with van der Waals surface area (Å²) in [6.45, 7) is 9.52. The van der Waals surface area contributed by atoms with Crippen molar-refractivity contribution < 1.29 is 78.4 Å². The Bertz CT molecular complexity index is 201. The number of hydrogen-bond donors (Lipinski definition) is 0. The Morgan fingerprint density at radius 2 is 1.93 bits per heavy atom. The van der Waals surface area contributed by atoms with Crippen LogP contribution >= 0.6 is 0 Å². The summed E-state index contributed by atoms with van der Waals surface area (Å²) in [5.41, 5.74) is -0.372. The van der Waals surface area contributed by atoms with Crippen molar-refractivity contribution in [3.8, 4) is 0 Å². The first kappa shape index (κ1) is 18.7. The Balaban J connectivity index is 0. The molecule has 1 saturated heterocycles. The molecule has 1 aliphatic rings. The van der Waals surface area contributed by atoms with Gasteiger partial charge in [0.25, 0.3) is 0 Å². The van der Waals surface area contributed by atoms with Crippen molar-refractivity contribution in [1.82, 2.24) is 4.90 Å². The zero-order valence-electron chi connectivity index (χ0n) is 11.0. The molecule has 1 unspecified atom stereocenters. The summed E-state index contributed by atoms with van der Waals surface area (Å²) in [6, 6.07) is 0. The second kappa shape index (κ2) is 7.61. The zero-order valence-corrected chi connectivity index (χ0v) is 17.2. The van der Waals surface area contributed by atoms with Crippen LogP contribution in [0, 0.1) is 13.3 Å². The van der Waals surface area contributed by atoms with Gasteiger partial charge in [-0.3, -0.25) is 0 Å². The average Bonchev–Trinajstić information content (AvgIpc) is 2.31. The van der Waals surface area contributed by atoms with E-state index in [1.54, 1.807) is 4.90 Å². The van der Waals surface area contributed by atoms with Crippen molar-refractivity contribution in [2.24, 2.45) is 5.92 Å². The van der Waals surface area contributed by atoms with Crippen molar-refractivity contribution in [3.05, 3.63) is 7.43 Å². The van der Waals surface area contributed by atoms with Gasteiger partial charge >= 0.3 is 75.0 Å². The predicted molar refractivity (Wildman–Crippen MR) is 58.0 cm³/mol. The van der Waals surface area contributed by atoms with E-state index in [0.29, 0.717) is 5.92 Å². The summed E-state index contributed by atoms with van der Waals surface area (Å²) >= 11 is 0. The van der Waals surface area contributed by atoms with Crippen LogP contribution in [0.2, 0.25) is 0 Å². The molecule has 0 N–H and O–H groups in total. The summed E-state index contributed by atoms with van der Waals surface area (Å²) in [5.74, 6) is 0.618. The van der Waals surface area contributed by atoms with Gasteiger partial charge in [0.15, 0.2) is 0 Å². The maximum atomic E-state index is 11.5. The third kappa shape index (κ3) is 7.28. The first-order valence-corrected chi connectivity index (χ1v) is 4.86. The minimum absolute atomic E-state index is 0. The summed E-state index contributed by atoms with van der Waals surface area (Å²) in [6.07, 6.45) is 0.927. The molecule has 0 radical (unpaired) electrons. The second-order valence-electron chi connectivity index (χ2n) is 4.82. The summed E-state index contributed by atoms with van der Waals surface area (Å²) < 4.78 is 5.26. The molecule has 0 bridgehead atoms. The van der Waals surface area contributed by atoms with Gasteiger partial charge in [-0.2, -0.15) is 0 Å². The van der Waals surface area contributed by atoms with Crippen LogP contribution in [-0.4, -0.2) is 29.7 Å². The van der Waals surface area contributed by atoms with Crippen LogP contribution in [0.15, 0.2) is 0 Å².